The van der Waals surface area contributed by atoms with Gasteiger partial charge in [-0.2, -0.15) is 5.10 Å². The highest BCUT2D eigenvalue weighted by atomic mass is 32.2. The van der Waals surface area contributed by atoms with E-state index >= 15 is 0 Å². The molecule has 1 amide bonds. The quantitative estimate of drug-likeness (QED) is 0.552. The predicted octanol–water partition coefficient (Wildman–Crippen LogP) is 3.63. The Morgan fingerprint density at radius 3 is 2.40 bits per heavy atom. The summed E-state index contributed by atoms with van der Waals surface area (Å²) in [5.74, 6) is -0.300. The van der Waals surface area contributed by atoms with Crippen LogP contribution in [-0.2, 0) is 9.84 Å². The van der Waals surface area contributed by atoms with E-state index in [0.717, 1.165) is 22.4 Å². The summed E-state index contributed by atoms with van der Waals surface area (Å²) in [6.45, 7) is 6.03. The molecule has 0 bridgehead atoms. The third-order valence-corrected chi connectivity index (χ3v) is 8.82. The largest absolute Gasteiger partial charge is 0.366 e. The molecule has 2 aromatic carbocycles. The lowest BCUT2D eigenvalue weighted by Gasteiger charge is -2.35. The van der Waals surface area contributed by atoms with E-state index in [4.69, 9.17) is 0 Å². The average Bonchev–Trinajstić information content (AvgIpc) is 3.44. The Labute approximate surface area is 205 Å². The zero-order valence-electron chi connectivity index (χ0n) is 19.9. The number of rotatable bonds is 4. The van der Waals surface area contributed by atoms with Crippen LogP contribution in [0.5, 0.6) is 0 Å². The van der Waals surface area contributed by atoms with E-state index in [1.165, 1.54) is 6.07 Å². The molecule has 0 spiro atoms. The molecule has 2 saturated heterocycles. The number of para-hydroxylation sites is 1. The second-order valence-electron chi connectivity index (χ2n) is 9.45. The molecule has 5 rings (SSSR count). The number of anilines is 1. The summed E-state index contributed by atoms with van der Waals surface area (Å²) in [5.41, 5.74) is 4.79. The fraction of sp³-hybridized carbons (Fsp3) is 0.385. The van der Waals surface area contributed by atoms with Crippen LogP contribution in [0.15, 0.2) is 48.5 Å². The van der Waals surface area contributed by atoms with Crippen LogP contribution < -0.4 is 4.90 Å². The number of carbonyl (C=O) groups is 1. The van der Waals surface area contributed by atoms with Crippen molar-refractivity contribution in [2.24, 2.45) is 0 Å². The molecule has 0 aliphatic carbocycles. The van der Waals surface area contributed by atoms with Crippen LogP contribution in [-0.4, -0.2) is 66.7 Å². The number of hydrogen-bond acceptors (Lipinski definition) is 5. The summed E-state index contributed by atoms with van der Waals surface area (Å²) >= 11 is 0. The second-order valence-corrected chi connectivity index (χ2v) is 11.7. The van der Waals surface area contributed by atoms with Gasteiger partial charge in [-0.25, -0.2) is 12.8 Å². The Kier molecular flexibility index (Phi) is 6.13. The van der Waals surface area contributed by atoms with Gasteiger partial charge in [0.2, 0.25) is 0 Å². The van der Waals surface area contributed by atoms with Crippen molar-refractivity contribution in [1.82, 2.24) is 14.7 Å². The van der Waals surface area contributed by atoms with Crippen molar-refractivity contribution < 1.29 is 17.6 Å². The molecule has 0 radical (unpaired) electrons. The monoisotopic (exact) mass is 496 g/mol. The normalized spacial score (nSPS) is 19.8. The van der Waals surface area contributed by atoms with Crippen LogP contribution in [0.4, 0.5) is 10.1 Å². The van der Waals surface area contributed by atoms with E-state index in [1.54, 1.807) is 33.8 Å². The van der Waals surface area contributed by atoms with E-state index in [0.29, 0.717) is 44.0 Å². The molecule has 2 aliphatic heterocycles. The fourth-order valence-electron chi connectivity index (χ4n) is 4.88. The van der Waals surface area contributed by atoms with Gasteiger partial charge in [0, 0.05) is 31.7 Å². The van der Waals surface area contributed by atoms with Gasteiger partial charge in [-0.3, -0.25) is 9.48 Å². The number of halogens is 1. The third kappa shape index (κ3) is 4.69. The van der Waals surface area contributed by atoms with Gasteiger partial charge >= 0.3 is 0 Å². The molecular formula is C26H29FN4O3S. The molecule has 9 heteroatoms. The molecule has 3 heterocycles. The Morgan fingerprint density at radius 1 is 1.00 bits per heavy atom. The Balaban J connectivity index is 1.41. The Morgan fingerprint density at radius 2 is 1.74 bits per heavy atom. The van der Waals surface area contributed by atoms with Gasteiger partial charge in [0.15, 0.2) is 15.5 Å². The number of piperazine rings is 1. The molecule has 7 nitrogen and oxygen atoms in total. The highest BCUT2D eigenvalue weighted by Crippen LogP contribution is 2.31. The number of amides is 1. The highest BCUT2D eigenvalue weighted by molar-refractivity contribution is 7.91. The molecule has 0 N–H and O–H groups in total. The van der Waals surface area contributed by atoms with Gasteiger partial charge in [0.05, 0.1) is 28.9 Å². The van der Waals surface area contributed by atoms with Crippen molar-refractivity contribution >= 4 is 21.4 Å². The van der Waals surface area contributed by atoms with Crippen LogP contribution in [0.2, 0.25) is 0 Å². The minimum atomic E-state index is -3.12. The Hall–Kier alpha value is -3.20. The number of benzene rings is 2. The highest BCUT2D eigenvalue weighted by Gasteiger charge is 2.33. The minimum absolute atomic E-state index is 0.0292. The first-order chi connectivity index (χ1) is 16.7. The molecule has 3 aromatic rings. The van der Waals surface area contributed by atoms with Crippen molar-refractivity contribution in [1.29, 1.82) is 0 Å². The summed E-state index contributed by atoms with van der Waals surface area (Å²) in [7, 11) is -3.12. The first kappa shape index (κ1) is 23.5. The molecule has 184 valence electrons. The van der Waals surface area contributed by atoms with E-state index in [-0.39, 0.29) is 29.3 Å². The lowest BCUT2D eigenvalue weighted by Crippen LogP contribution is -2.49. The lowest BCUT2D eigenvalue weighted by molar-refractivity contribution is 0.0739. The van der Waals surface area contributed by atoms with Gasteiger partial charge < -0.3 is 9.80 Å². The first-order valence-electron chi connectivity index (χ1n) is 11.9. The number of hydrogen-bond donors (Lipinski definition) is 0. The maximum absolute atomic E-state index is 14.2. The van der Waals surface area contributed by atoms with E-state index in [2.05, 4.69) is 5.10 Å². The summed E-state index contributed by atoms with van der Waals surface area (Å²) in [6.07, 6.45) is 0.483. The zero-order chi connectivity index (χ0) is 24.7. The number of sulfone groups is 1. The number of aryl methyl sites for hydroxylation is 2. The smallest absolute Gasteiger partial charge is 0.274 e. The second kappa shape index (κ2) is 9.11. The topological polar surface area (TPSA) is 75.5 Å². The standard InChI is InChI=1S/C26H29FN4O3S/c1-18-7-8-20(15-19(18)2)25-16-23(28-31(25)21-9-14-35(33,34)17-21)26(32)30-12-10-29(11-13-30)24-6-4-3-5-22(24)27/h3-8,15-16,21H,9-14,17H2,1-2H3/t21-/m0/s1. The molecule has 2 aliphatic rings. The minimum Gasteiger partial charge on any atom is -0.366 e. The van der Waals surface area contributed by atoms with E-state index in [1.807, 2.05) is 36.9 Å². The van der Waals surface area contributed by atoms with Gasteiger partial charge in [-0.1, -0.05) is 24.3 Å². The fourth-order valence-corrected chi connectivity index (χ4v) is 6.57. The van der Waals surface area contributed by atoms with E-state index < -0.39 is 9.84 Å². The van der Waals surface area contributed by atoms with Crippen LogP contribution in [0, 0.1) is 19.7 Å². The first-order valence-corrected chi connectivity index (χ1v) is 13.7. The summed E-state index contributed by atoms with van der Waals surface area (Å²) in [4.78, 5) is 17.1. The lowest BCUT2D eigenvalue weighted by atomic mass is 10.0. The molecule has 35 heavy (non-hydrogen) atoms. The molecule has 2 fully saturated rings. The maximum Gasteiger partial charge on any atom is 0.274 e. The van der Waals surface area contributed by atoms with Gasteiger partial charge in [0.25, 0.3) is 5.91 Å². The third-order valence-electron chi connectivity index (χ3n) is 7.07. The van der Waals surface area contributed by atoms with Crippen molar-refractivity contribution in [3.63, 3.8) is 0 Å². The van der Waals surface area contributed by atoms with Gasteiger partial charge in [-0.05, 0) is 55.7 Å². The average molecular weight is 497 g/mol. The maximum atomic E-state index is 14.2. The predicted molar refractivity (Wildman–Crippen MR) is 134 cm³/mol. The van der Waals surface area contributed by atoms with Crippen molar-refractivity contribution in [2.75, 3.05) is 42.6 Å². The van der Waals surface area contributed by atoms with Crippen molar-refractivity contribution in [3.8, 4) is 11.3 Å². The molecule has 1 atom stereocenters. The molecular weight excluding hydrogens is 467 g/mol. The van der Waals surface area contributed by atoms with Crippen LogP contribution in [0.25, 0.3) is 11.3 Å². The number of carbonyl (C=O) groups excluding carboxylic acids is 1. The molecule has 0 saturated carbocycles. The van der Waals surface area contributed by atoms with E-state index in [9.17, 15) is 17.6 Å². The van der Waals surface area contributed by atoms with Crippen LogP contribution in [0.3, 0.4) is 0 Å². The summed E-state index contributed by atoms with van der Waals surface area (Å²) in [5, 5.41) is 4.64. The Bertz CT molecular complexity index is 1380. The SMILES string of the molecule is Cc1ccc(-c2cc(C(=O)N3CCN(c4ccccc4F)CC3)nn2[C@H]2CCS(=O)(=O)C2)cc1C. The van der Waals surface area contributed by atoms with Crippen LogP contribution >= 0.6 is 0 Å². The molecule has 0 unspecified atom stereocenters. The summed E-state index contributed by atoms with van der Waals surface area (Å²) in [6, 6.07) is 14.2. The van der Waals surface area contributed by atoms with Crippen molar-refractivity contribution in [2.45, 2.75) is 26.3 Å². The van der Waals surface area contributed by atoms with Gasteiger partial charge in [0.1, 0.15) is 5.82 Å². The van der Waals surface area contributed by atoms with Gasteiger partial charge in [-0.15, -0.1) is 0 Å². The number of aromatic nitrogens is 2. The molecule has 1 aromatic heterocycles. The van der Waals surface area contributed by atoms with Crippen molar-refractivity contribution in [3.05, 3.63) is 71.2 Å². The number of nitrogens with zero attached hydrogens (tertiary/aromatic N) is 4. The summed E-state index contributed by atoms with van der Waals surface area (Å²) < 4.78 is 40.3. The van der Waals surface area contributed by atoms with Crippen LogP contribution in [0.1, 0.15) is 34.1 Å². The zero-order valence-corrected chi connectivity index (χ0v) is 20.8.